The van der Waals surface area contributed by atoms with Gasteiger partial charge >= 0.3 is 0 Å². The molecule has 1 amide bonds. The standard InChI is InChI=1S/C29H36FN3O/c1-31-14-11-23-3-2-4-26(28(23)31)29(34)33-18-24(27(19-33)22-5-6-22)17-32-15-12-21(13-16-32)20-7-9-25(30)10-8-20/h2-4,7-10,21-22,24,27H,5-6,11-19H2,1H3/t24-,27+/m1/s1. The Bertz CT molecular complexity index is 1040. The van der Waals surface area contributed by atoms with Gasteiger partial charge in [-0.3, -0.25) is 4.79 Å². The van der Waals surface area contributed by atoms with Gasteiger partial charge in [0, 0.05) is 33.2 Å². The minimum atomic E-state index is -0.153. The van der Waals surface area contributed by atoms with Crippen LogP contribution in [-0.4, -0.2) is 62.0 Å². The molecule has 3 aliphatic heterocycles. The van der Waals surface area contributed by atoms with Crippen LogP contribution in [-0.2, 0) is 6.42 Å². The fourth-order valence-electron chi connectivity index (χ4n) is 6.82. The maximum Gasteiger partial charge on any atom is 0.255 e. The van der Waals surface area contributed by atoms with Crippen molar-refractivity contribution < 1.29 is 9.18 Å². The molecule has 0 N–H and O–H groups in total. The zero-order chi connectivity index (χ0) is 23.2. The van der Waals surface area contributed by atoms with Crippen LogP contribution in [0, 0.1) is 23.6 Å². The average Bonchev–Trinajstić information content (AvgIpc) is 3.51. The van der Waals surface area contributed by atoms with Crippen molar-refractivity contribution >= 4 is 11.6 Å². The summed E-state index contributed by atoms with van der Waals surface area (Å²) in [6.45, 7) is 6.12. The van der Waals surface area contributed by atoms with Gasteiger partial charge in [0.25, 0.3) is 5.91 Å². The van der Waals surface area contributed by atoms with Crippen molar-refractivity contribution in [3.05, 3.63) is 65.0 Å². The molecule has 3 fully saturated rings. The number of benzene rings is 2. The normalized spacial score (nSPS) is 25.7. The largest absolute Gasteiger partial charge is 0.373 e. The predicted molar refractivity (Wildman–Crippen MR) is 134 cm³/mol. The minimum absolute atomic E-state index is 0.153. The van der Waals surface area contributed by atoms with Crippen LogP contribution in [0.2, 0.25) is 0 Å². The first-order valence-corrected chi connectivity index (χ1v) is 13.2. The number of anilines is 1. The number of carbonyl (C=O) groups is 1. The lowest BCUT2D eigenvalue weighted by Gasteiger charge is -2.34. The molecule has 0 aromatic heterocycles. The Hall–Kier alpha value is -2.40. The number of hydrogen-bond donors (Lipinski definition) is 0. The Balaban J connectivity index is 1.11. The van der Waals surface area contributed by atoms with Gasteiger partial charge < -0.3 is 14.7 Å². The molecule has 2 saturated heterocycles. The molecular formula is C29H36FN3O. The maximum absolute atomic E-state index is 13.7. The highest BCUT2D eigenvalue weighted by molar-refractivity contribution is 6.01. The number of carbonyl (C=O) groups excluding carboxylic acids is 1. The molecule has 0 bridgehead atoms. The van der Waals surface area contributed by atoms with Crippen molar-refractivity contribution in [1.82, 2.24) is 9.80 Å². The first-order valence-electron chi connectivity index (χ1n) is 13.2. The molecule has 1 saturated carbocycles. The van der Waals surface area contributed by atoms with Crippen LogP contribution in [0.5, 0.6) is 0 Å². The van der Waals surface area contributed by atoms with E-state index in [4.69, 9.17) is 0 Å². The van der Waals surface area contributed by atoms with Crippen LogP contribution >= 0.6 is 0 Å². The van der Waals surface area contributed by atoms with Gasteiger partial charge in [-0.1, -0.05) is 24.3 Å². The van der Waals surface area contributed by atoms with Crippen LogP contribution < -0.4 is 4.90 Å². The van der Waals surface area contributed by atoms with Gasteiger partial charge in [-0.2, -0.15) is 0 Å². The van der Waals surface area contributed by atoms with Gasteiger partial charge in [0.15, 0.2) is 0 Å². The third-order valence-electron chi connectivity index (χ3n) is 8.88. The summed E-state index contributed by atoms with van der Waals surface area (Å²) in [5, 5.41) is 0. The summed E-state index contributed by atoms with van der Waals surface area (Å²) in [6, 6.07) is 13.3. The molecule has 0 unspecified atom stereocenters. The maximum atomic E-state index is 13.7. The fraction of sp³-hybridized carbons (Fsp3) is 0.552. The third kappa shape index (κ3) is 4.24. The molecule has 5 heteroatoms. The second-order valence-corrected chi connectivity index (χ2v) is 11.1. The summed E-state index contributed by atoms with van der Waals surface area (Å²) in [6.07, 6.45) is 5.97. The highest BCUT2D eigenvalue weighted by Gasteiger charge is 2.45. The molecule has 34 heavy (non-hydrogen) atoms. The van der Waals surface area contributed by atoms with E-state index in [9.17, 15) is 9.18 Å². The number of para-hydroxylation sites is 1. The van der Waals surface area contributed by atoms with Crippen LogP contribution in [0.1, 0.15) is 53.1 Å². The molecule has 2 aromatic rings. The Morgan fingerprint density at radius 3 is 2.47 bits per heavy atom. The van der Waals surface area contributed by atoms with Crippen molar-refractivity contribution in [2.24, 2.45) is 17.8 Å². The molecule has 4 aliphatic rings. The summed E-state index contributed by atoms with van der Waals surface area (Å²) in [5.74, 6) is 2.65. The van der Waals surface area contributed by atoms with Crippen LogP contribution in [0.25, 0.3) is 0 Å². The SMILES string of the molecule is CN1CCc2cccc(C(=O)N3C[C@@H](CN4CCC(c5ccc(F)cc5)CC4)[C@H](C4CC4)C3)c21. The number of hydrogen-bond acceptors (Lipinski definition) is 3. The fourth-order valence-corrected chi connectivity index (χ4v) is 6.82. The summed E-state index contributed by atoms with van der Waals surface area (Å²) in [4.78, 5) is 20.7. The van der Waals surface area contributed by atoms with E-state index in [-0.39, 0.29) is 11.7 Å². The van der Waals surface area contributed by atoms with E-state index in [1.165, 1.54) is 24.0 Å². The van der Waals surface area contributed by atoms with Crippen LogP contribution in [0.15, 0.2) is 42.5 Å². The van der Waals surface area contributed by atoms with Crippen LogP contribution in [0.4, 0.5) is 10.1 Å². The molecule has 3 heterocycles. The number of amides is 1. The van der Waals surface area contributed by atoms with Crippen LogP contribution in [0.3, 0.4) is 0 Å². The quantitative estimate of drug-likeness (QED) is 0.640. The van der Waals surface area contributed by atoms with Crippen molar-refractivity contribution in [2.75, 3.05) is 51.2 Å². The van der Waals surface area contributed by atoms with E-state index in [1.807, 2.05) is 18.2 Å². The van der Waals surface area contributed by atoms with Gasteiger partial charge in [0.2, 0.25) is 0 Å². The monoisotopic (exact) mass is 461 g/mol. The lowest BCUT2D eigenvalue weighted by molar-refractivity contribution is 0.0780. The molecule has 0 spiro atoms. The lowest BCUT2D eigenvalue weighted by atomic mass is 9.87. The average molecular weight is 462 g/mol. The zero-order valence-electron chi connectivity index (χ0n) is 20.3. The van der Waals surface area contributed by atoms with Crippen molar-refractivity contribution in [3.63, 3.8) is 0 Å². The van der Waals surface area contributed by atoms with Crippen molar-refractivity contribution in [3.8, 4) is 0 Å². The van der Waals surface area contributed by atoms with E-state index in [0.29, 0.717) is 17.8 Å². The first kappa shape index (κ1) is 22.1. The number of piperidine rings is 1. The molecule has 2 aromatic carbocycles. The topological polar surface area (TPSA) is 26.8 Å². The van der Waals surface area contributed by atoms with Gasteiger partial charge in [-0.15, -0.1) is 0 Å². The Kier molecular flexibility index (Phi) is 5.84. The van der Waals surface area contributed by atoms with Gasteiger partial charge in [-0.05, 0) is 98.2 Å². The van der Waals surface area contributed by atoms with Gasteiger partial charge in [0.1, 0.15) is 5.82 Å². The number of likely N-dealkylation sites (tertiary alicyclic amines) is 2. The molecular weight excluding hydrogens is 425 g/mol. The van der Waals surface area contributed by atoms with E-state index < -0.39 is 0 Å². The van der Waals surface area contributed by atoms with Gasteiger partial charge in [0.05, 0.1) is 11.3 Å². The second kappa shape index (κ2) is 8.99. The highest BCUT2D eigenvalue weighted by Crippen LogP contribution is 2.45. The molecule has 4 nitrogen and oxygen atoms in total. The second-order valence-electron chi connectivity index (χ2n) is 11.1. The summed E-state index contributed by atoms with van der Waals surface area (Å²) >= 11 is 0. The third-order valence-corrected chi connectivity index (χ3v) is 8.88. The highest BCUT2D eigenvalue weighted by atomic mass is 19.1. The van der Waals surface area contributed by atoms with E-state index in [2.05, 4.69) is 33.9 Å². The van der Waals surface area contributed by atoms with Gasteiger partial charge in [-0.25, -0.2) is 4.39 Å². The molecule has 2 atom stereocenters. The molecule has 180 valence electrons. The van der Waals surface area contributed by atoms with Crippen molar-refractivity contribution in [1.29, 1.82) is 0 Å². The summed E-state index contributed by atoms with van der Waals surface area (Å²) < 4.78 is 13.3. The number of likely N-dealkylation sites (N-methyl/N-ethyl adjacent to an activating group) is 1. The Morgan fingerprint density at radius 2 is 1.74 bits per heavy atom. The first-order chi connectivity index (χ1) is 16.6. The van der Waals surface area contributed by atoms with E-state index in [1.54, 1.807) is 12.1 Å². The Morgan fingerprint density at radius 1 is 0.971 bits per heavy atom. The number of halogens is 1. The van der Waals surface area contributed by atoms with E-state index >= 15 is 0 Å². The predicted octanol–water partition coefficient (Wildman–Crippen LogP) is 4.80. The Labute approximate surface area is 202 Å². The molecule has 0 radical (unpaired) electrons. The zero-order valence-corrected chi connectivity index (χ0v) is 20.3. The molecule has 6 rings (SSSR count). The lowest BCUT2D eigenvalue weighted by Crippen LogP contribution is -2.39. The summed E-state index contributed by atoms with van der Waals surface area (Å²) in [7, 11) is 2.11. The van der Waals surface area contributed by atoms with E-state index in [0.717, 1.165) is 75.7 Å². The number of fused-ring (bicyclic) bond motifs is 1. The number of rotatable bonds is 5. The molecule has 1 aliphatic carbocycles. The number of nitrogens with zero attached hydrogens (tertiary/aromatic N) is 3. The minimum Gasteiger partial charge on any atom is -0.373 e. The van der Waals surface area contributed by atoms with Crippen molar-refractivity contribution in [2.45, 2.75) is 38.0 Å². The summed E-state index contributed by atoms with van der Waals surface area (Å²) in [5.41, 5.74) is 4.64. The smallest absolute Gasteiger partial charge is 0.255 e.